The van der Waals surface area contributed by atoms with Crippen molar-refractivity contribution in [1.82, 2.24) is 0 Å². The lowest BCUT2D eigenvalue weighted by Crippen LogP contribution is -2.58. The minimum absolute atomic E-state index is 0.0317. The molecule has 1 saturated carbocycles. The van der Waals surface area contributed by atoms with Crippen molar-refractivity contribution in [2.24, 2.45) is 22.2 Å². The van der Waals surface area contributed by atoms with E-state index in [0.717, 1.165) is 11.6 Å². The molecule has 142 valence electrons. The summed E-state index contributed by atoms with van der Waals surface area (Å²) in [5.74, 6) is -1.04. The first kappa shape index (κ1) is 19.1. The van der Waals surface area contributed by atoms with Gasteiger partial charge in [-0.25, -0.2) is 4.79 Å². The van der Waals surface area contributed by atoms with Crippen molar-refractivity contribution in [3.05, 3.63) is 47.6 Å². The summed E-state index contributed by atoms with van der Waals surface area (Å²) >= 11 is 0. The Morgan fingerprint density at radius 1 is 1.35 bits per heavy atom. The van der Waals surface area contributed by atoms with Gasteiger partial charge >= 0.3 is 5.97 Å². The molecule has 0 aromatic carbocycles. The molecule has 3 rings (SSSR count). The number of carboxylic acids is 1. The van der Waals surface area contributed by atoms with Gasteiger partial charge in [-0.1, -0.05) is 51.2 Å². The minimum Gasteiger partial charge on any atom is -0.478 e. The van der Waals surface area contributed by atoms with Gasteiger partial charge in [0.2, 0.25) is 0 Å². The van der Waals surface area contributed by atoms with E-state index in [2.05, 4.69) is 46.4 Å². The molecule has 2 fully saturated rings. The van der Waals surface area contributed by atoms with Crippen molar-refractivity contribution in [2.45, 2.75) is 59.9 Å². The summed E-state index contributed by atoms with van der Waals surface area (Å²) in [7, 11) is 0. The van der Waals surface area contributed by atoms with E-state index in [1.165, 1.54) is 5.57 Å². The van der Waals surface area contributed by atoms with Crippen LogP contribution in [0.1, 0.15) is 41.5 Å². The van der Waals surface area contributed by atoms with E-state index in [9.17, 15) is 9.90 Å². The van der Waals surface area contributed by atoms with Crippen molar-refractivity contribution in [2.75, 3.05) is 0 Å². The maximum absolute atomic E-state index is 11.2. The zero-order valence-corrected chi connectivity index (χ0v) is 16.5. The summed E-state index contributed by atoms with van der Waals surface area (Å²) < 4.78 is 6.50. The molecule has 0 aromatic heterocycles. The second kappa shape index (κ2) is 5.67. The maximum Gasteiger partial charge on any atom is 0.327 e. The molecule has 4 heteroatoms. The van der Waals surface area contributed by atoms with E-state index in [0.29, 0.717) is 5.57 Å². The van der Waals surface area contributed by atoms with Gasteiger partial charge in [0.15, 0.2) is 0 Å². The van der Waals surface area contributed by atoms with E-state index in [1.54, 1.807) is 6.08 Å². The van der Waals surface area contributed by atoms with E-state index in [-0.39, 0.29) is 29.0 Å². The molecule has 1 aliphatic heterocycles. The molecule has 7 atom stereocenters. The molecule has 0 unspecified atom stereocenters. The van der Waals surface area contributed by atoms with Crippen LogP contribution in [-0.4, -0.2) is 34.5 Å². The van der Waals surface area contributed by atoms with E-state index in [1.807, 2.05) is 13.8 Å². The first-order chi connectivity index (χ1) is 11.9. The van der Waals surface area contributed by atoms with Gasteiger partial charge in [-0.3, -0.25) is 0 Å². The highest BCUT2D eigenvalue weighted by Crippen LogP contribution is 2.72. The Bertz CT molecular complexity index is 760. The molecule has 0 bridgehead atoms. The lowest BCUT2D eigenvalue weighted by atomic mass is 9.47. The number of hydrogen-bond acceptors (Lipinski definition) is 3. The predicted molar refractivity (Wildman–Crippen MR) is 102 cm³/mol. The fourth-order valence-corrected chi connectivity index (χ4v) is 6.19. The number of aliphatic hydroxyl groups excluding tert-OH is 1. The Morgan fingerprint density at radius 3 is 2.50 bits per heavy atom. The number of allylic oxidation sites excluding steroid dienone is 2. The standard InChI is InChI=1S/C22H30O4/c1-8-12(2)18-21(6)11-13(3)16-20(5,10-9-15(23)24)17(25)14(4)19(26-18)22(16,21)7/h8-11,16-19,25H,4H2,1-3,5-7H3,(H,23,24)/b10-9+,12-8-/t16-,17-,18-,19+,20+,21+,22-/m1/s1. The molecule has 0 amide bonds. The lowest BCUT2D eigenvalue weighted by Gasteiger charge is -2.56. The summed E-state index contributed by atoms with van der Waals surface area (Å²) in [5, 5.41) is 20.3. The summed E-state index contributed by atoms with van der Waals surface area (Å²) in [4.78, 5) is 11.2. The first-order valence-corrected chi connectivity index (χ1v) is 9.21. The van der Waals surface area contributed by atoms with Crippen LogP contribution in [0.3, 0.4) is 0 Å². The average molecular weight is 358 g/mol. The normalized spacial score (nSPS) is 48.0. The van der Waals surface area contributed by atoms with Crippen molar-refractivity contribution < 1.29 is 19.7 Å². The summed E-state index contributed by atoms with van der Waals surface area (Å²) in [6.07, 6.45) is 5.94. The average Bonchev–Trinajstić information content (AvgIpc) is 2.91. The van der Waals surface area contributed by atoms with Gasteiger partial charge in [0.1, 0.15) is 0 Å². The quantitative estimate of drug-likeness (QED) is 0.593. The highest BCUT2D eigenvalue weighted by molar-refractivity contribution is 5.80. The highest BCUT2D eigenvalue weighted by atomic mass is 16.5. The first-order valence-electron chi connectivity index (χ1n) is 9.21. The molecule has 0 spiro atoms. The zero-order valence-electron chi connectivity index (χ0n) is 16.5. The van der Waals surface area contributed by atoms with E-state index < -0.39 is 17.5 Å². The van der Waals surface area contributed by atoms with Gasteiger partial charge < -0.3 is 14.9 Å². The van der Waals surface area contributed by atoms with Gasteiger partial charge in [-0.15, -0.1) is 0 Å². The molecule has 3 aliphatic rings. The van der Waals surface area contributed by atoms with Crippen LogP contribution in [0.5, 0.6) is 0 Å². The van der Waals surface area contributed by atoms with E-state index >= 15 is 0 Å². The molecule has 0 aromatic rings. The number of ether oxygens (including phenoxy) is 1. The summed E-state index contributed by atoms with van der Waals surface area (Å²) in [6, 6.07) is 0. The van der Waals surface area contributed by atoms with Gasteiger partial charge in [-0.2, -0.15) is 0 Å². The maximum atomic E-state index is 11.2. The van der Waals surface area contributed by atoms with Crippen LogP contribution in [0.25, 0.3) is 0 Å². The minimum atomic E-state index is -1.01. The number of carboxylic acid groups (broad SMARTS) is 1. The Balaban J connectivity index is 2.23. The Kier molecular flexibility index (Phi) is 4.17. The van der Waals surface area contributed by atoms with Crippen LogP contribution >= 0.6 is 0 Å². The van der Waals surface area contributed by atoms with E-state index in [4.69, 9.17) is 9.84 Å². The predicted octanol–water partition coefficient (Wildman–Crippen LogP) is 3.89. The second-order valence-corrected chi connectivity index (χ2v) is 8.83. The molecule has 0 radical (unpaired) electrons. The summed E-state index contributed by atoms with van der Waals surface area (Å²) in [6.45, 7) is 16.7. The number of hydrogen-bond donors (Lipinski definition) is 2. The van der Waals surface area contributed by atoms with Crippen LogP contribution in [0.15, 0.2) is 47.6 Å². The van der Waals surface area contributed by atoms with Gasteiger partial charge in [0.25, 0.3) is 0 Å². The molecule has 1 heterocycles. The Labute approximate surface area is 155 Å². The topological polar surface area (TPSA) is 66.8 Å². The number of aliphatic hydroxyl groups is 1. The lowest BCUT2D eigenvalue weighted by molar-refractivity contribution is -0.131. The molecule has 26 heavy (non-hydrogen) atoms. The largest absolute Gasteiger partial charge is 0.478 e. The number of aliphatic carboxylic acids is 1. The number of carbonyl (C=O) groups is 1. The smallest absolute Gasteiger partial charge is 0.327 e. The monoisotopic (exact) mass is 358 g/mol. The van der Waals surface area contributed by atoms with Gasteiger partial charge in [0, 0.05) is 28.2 Å². The molecular formula is C22H30O4. The molecule has 2 N–H and O–H groups in total. The third-order valence-electron chi connectivity index (χ3n) is 7.46. The van der Waals surface area contributed by atoms with Gasteiger partial charge in [0.05, 0.1) is 18.3 Å². The third-order valence-corrected chi connectivity index (χ3v) is 7.46. The second-order valence-electron chi connectivity index (χ2n) is 8.83. The van der Waals surface area contributed by atoms with Crippen molar-refractivity contribution >= 4 is 5.97 Å². The van der Waals surface area contributed by atoms with Crippen molar-refractivity contribution in [3.63, 3.8) is 0 Å². The summed E-state index contributed by atoms with van der Waals surface area (Å²) in [5.41, 5.74) is 1.69. The van der Waals surface area contributed by atoms with Crippen molar-refractivity contribution in [3.8, 4) is 0 Å². The fourth-order valence-electron chi connectivity index (χ4n) is 6.19. The highest BCUT2D eigenvalue weighted by Gasteiger charge is 2.73. The molecule has 1 saturated heterocycles. The Morgan fingerprint density at radius 2 is 1.96 bits per heavy atom. The van der Waals surface area contributed by atoms with Crippen LogP contribution in [-0.2, 0) is 9.53 Å². The van der Waals surface area contributed by atoms with Crippen molar-refractivity contribution in [1.29, 1.82) is 0 Å². The SMILES string of the molecule is C=C1[C@@H](O)[C@@](C)(/C=C/C(=O)O)[C@H]2C(C)=C[C@@]3(C)[C@@H](/C(C)=C\C)O[C@@H]1[C@@]23C. The van der Waals surface area contributed by atoms with Gasteiger partial charge in [-0.05, 0) is 31.9 Å². The fraction of sp³-hybridized carbons (Fsp3) is 0.591. The third kappa shape index (κ3) is 2.06. The Hall–Kier alpha value is -1.65. The van der Waals surface area contributed by atoms with Crippen LogP contribution in [0.2, 0.25) is 0 Å². The van der Waals surface area contributed by atoms with Crippen LogP contribution in [0.4, 0.5) is 0 Å². The van der Waals surface area contributed by atoms with Crippen LogP contribution < -0.4 is 0 Å². The van der Waals surface area contributed by atoms with Crippen LogP contribution in [0, 0.1) is 22.2 Å². The zero-order chi connectivity index (χ0) is 19.7. The molecular weight excluding hydrogens is 328 g/mol. The number of rotatable bonds is 3. The molecule has 2 aliphatic carbocycles. The molecule has 4 nitrogen and oxygen atoms in total.